The number of benzene rings is 1. The van der Waals surface area contributed by atoms with Crippen LogP contribution in [0.1, 0.15) is 70.6 Å². The maximum atomic E-state index is 10.0. The molecule has 0 aliphatic carbocycles. The first-order chi connectivity index (χ1) is 12.7. The van der Waals surface area contributed by atoms with Crippen molar-refractivity contribution in [3.05, 3.63) is 35.9 Å². The summed E-state index contributed by atoms with van der Waals surface area (Å²) in [5.41, 5.74) is 6.14. The maximum Gasteiger partial charge on any atom is 0.150 e. The Balaban J connectivity index is 0. The summed E-state index contributed by atoms with van der Waals surface area (Å²) in [5, 5.41) is 0. The second-order valence-corrected chi connectivity index (χ2v) is 6.79. The quantitative estimate of drug-likeness (QED) is 0.531. The van der Waals surface area contributed by atoms with Crippen molar-refractivity contribution in [1.82, 2.24) is 4.90 Å². The molecule has 2 rings (SSSR count). The van der Waals surface area contributed by atoms with Gasteiger partial charge in [0.2, 0.25) is 0 Å². The third kappa shape index (κ3) is 15.1. The number of carbonyl (C=O) groups excluding carboxylic acids is 1. The molecule has 1 aliphatic rings. The highest BCUT2D eigenvalue weighted by Crippen LogP contribution is 2.05. The average molecular weight is 367 g/mol. The van der Waals surface area contributed by atoms with E-state index in [1.54, 1.807) is 12.1 Å². The van der Waals surface area contributed by atoms with Crippen molar-refractivity contribution in [2.75, 3.05) is 33.3 Å². The van der Waals surface area contributed by atoms with Crippen LogP contribution in [0.5, 0.6) is 0 Å². The number of aldehydes is 1. The summed E-state index contributed by atoms with van der Waals surface area (Å²) >= 11 is 0. The highest BCUT2D eigenvalue weighted by molar-refractivity contribution is 5.74. The van der Waals surface area contributed by atoms with Gasteiger partial charge in [0, 0.05) is 26.6 Å². The minimum Gasteiger partial charge on any atom is -0.374 e. The number of rotatable bonds is 8. The predicted molar refractivity (Wildman–Crippen MR) is 114 cm³/mol. The zero-order chi connectivity index (χ0) is 19.5. The molecule has 1 aliphatic heterocycles. The van der Waals surface area contributed by atoms with Gasteiger partial charge in [-0.25, -0.2) is 0 Å². The summed E-state index contributed by atoms with van der Waals surface area (Å²) in [4.78, 5) is 12.2. The SMILES string of the molecule is CCCCCCCCC.CN1CCOC(CN)C1.O=Cc1ccccc1.[HH]. The number of carbonyl (C=O) groups is 1. The number of nitrogens with two attached hydrogens (primary N) is 1. The molecule has 1 fully saturated rings. The molecule has 26 heavy (non-hydrogen) atoms. The molecule has 152 valence electrons. The molecule has 1 aromatic rings. The van der Waals surface area contributed by atoms with Crippen molar-refractivity contribution >= 4 is 6.29 Å². The first kappa shape index (κ1) is 24.8. The second-order valence-electron chi connectivity index (χ2n) is 6.79. The largest absolute Gasteiger partial charge is 0.374 e. The van der Waals surface area contributed by atoms with Crippen LogP contribution in [-0.2, 0) is 4.74 Å². The molecule has 4 nitrogen and oxygen atoms in total. The Hall–Kier alpha value is -1.23. The van der Waals surface area contributed by atoms with Gasteiger partial charge >= 0.3 is 0 Å². The van der Waals surface area contributed by atoms with Gasteiger partial charge in [0.1, 0.15) is 6.29 Å². The lowest BCUT2D eigenvalue weighted by molar-refractivity contribution is -0.0138. The summed E-state index contributed by atoms with van der Waals surface area (Å²) in [5.74, 6) is 0. The molecular weight excluding hydrogens is 324 g/mol. The van der Waals surface area contributed by atoms with Gasteiger partial charge in [-0.05, 0) is 7.05 Å². The fraction of sp³-hybridized carbons (Fsp3) is 0.682. The summed E-state index contributed by atoms with van der Waals surface area (Å²) in [6, 6.07) is 9.10. The van der Waals surface area contributed by atoms with Crippen molar-refractivity contribution in [1.29, 1.82) is 0 Å². The Morgan fingerprint density at radius 1 is 1.12 bits per heavy atom. The molecule has 1 heterocycles. The standard InChI is InChI=1S/C9H20.C7H6O.C6H14N2O.H2/c1-3-5-7-9-8-6-4-2;8-6-7-4-2-1-3-5-7;1-8-2-3-9-6(4-7)5-8;/h3-9H2,1-2H3;1-6H;6H,2-5,7H2,1H3;1H. The van der Waals surface area contributed by atoms with Crippen LogP contribution < -0.4 is 5.73 Å². The summed E-state index contributed by atoms with van der Waals surface area (Å²) < 4.78 is 5.33. The van der Waals surface area contributed by atoms with E-state index in [2.05, 4.69) is 25.8 Å². The number of likely N-dealkylation sites (N-methyl/N-ethyl adjacent to an activating group) is 1. The Labute approximate surface area is 162 Å². The van der Waals surface area contributed by atoms with Gasteiger partial charge < -0.3 is 15.4 Å². The fourth-order valence-electron chi connectivity index (χ4n) is 2.57. The Bertz CT molecular complexity index is 412. The van der Waals surface area contributed by atoms with Crippen molar-refractivity contribution in [2.45, 2.75) is 64.9 Å². The first-order valence-electron chi connectivity index (χ1n) is 10.2. The van der Waals surface area contributed by atoms with Gasteiger partial charge in [-0.2, -0.15) is 0 Å². The van der Waals surface area contributed by atoms with Gasteiger partial charge in [0.15, 0.2) is 0 Å². The van der Waals surface area contributed by atoms with Crippen LogP contribution in [0.2, 0.25) is 0 Å². The van der Waals surface area contributed by atoms with Gasteiger partial charge in [-0.3, -0.25) is 4.79 Å². The normalized spacial score (nSPS) is 16.7. The number of nitrogens with zero attached hydrogens (tertiary/aromatic N) is 1. The minimum absolute atomic E-state index is 0. The zero-order valence-electron chi connectivity index (χ0n) is 17.2. The van der Waals surface area contributed by atoms with E-state index in [9.17, 15) is 4.79 Å². The highest BCUT2D eigenvalue weighted by atomic mass is 16.5. The van der Waals surface area contributed by atoms with Crippen molar-refractivity contribution < 1.29 is 11.0 Å². The monoisotopic (exact) mass is 366 g/mol. The van der Waals surface area contributed by atoms with E-state index < -0.39 is 0 Å². The predicted octanol–water partition coefficient (Wildman–Crippen LogP) is 4.78. The fourth-order valence-corrected chi connectivity index (χ4v) is 2.57. The van der Waals surface area contributed by atoms with E-state index in [1.165, 1.54) is 44.9 Å². The summed E-state index contributed by atoms with van der Waals surface area (Å²) in [6.07, 6.45) is 11.1. The van der Waals surface area contributed by atoms with Crippen molar-refractivity contribution in [3.63, 3.8) is 0 Å². The minimum atomic E-state index is 0. The second kappa shape index (κ2) is 18.6. The topological polar surface area (TPSA) is 55.6 Å². The molecule has 0 bridgehead atoms. The number of unbranched alkanes of at least 4 members (excludes halogenated alkanes) is 6. The van der Waals surface area contributed by atoms with Crippen LogP contribution in [0, 0.1) is 0 Å². The van der Waals surface area contributed by atoms with Crippen molar-refractivity contribution in [2.24, 2.45) is 5.73 Å². The lowest BCUT2D eigenvalue weighted by Crippen LogP contribution is -2.43. The van der Waals surface area contributed by atoms with Gasteiger partial charge in [0.05, 0.1) is 12.7 Å². The van der Waals surface area contributed by atoms with E-state index in [1.807, 2.05) is 18.2 Å². The van der Waals surface area contributed by atoms with E-state index in [-0.39, 0.29) is 7.53 Å². The summed E-state index contributed by atoms with van der Waals surface area (Å²) in [7, 11) is 2.09. The molecule has 0 amide bonds. The molecule has 0 spiro atoms. The number of ether oxygens (including phenoxy) is 1. The molecule has 0 saturated carbocycles. The van der Waals surface area contributed by atoms with Crippen LogP contribution >= 0.6 is 0 Å². The van der Waals surface area contributed by atoms with Crippen LogP contribution in [0.25, 0.3) is 0 Å². The van der Waals surface area contributed by atoms with E-state index >= 15 is 0 Å². The molecule has 4 heteroatoms. The maximum absolute atomic E-state index is 10.0. The third-order valence-electron chi connectivity index (χ3n) is 4.25. The first-order valence-corrected chi connectivity index (χ1v) is 10.2. The van der Waals surface area contributed by atoms with Crippen LogP contribution in [0.3, 0.4) is 0 Å². The third-order valence-corrected chi connectivity index (χ3v) is 4.25. The van der Waals surface area contributed by atoms with Crippen LogP contribution in [0.15, 0.2) is 30.3 Å². The molecule has 0 radical (unpaired) electrons. The van der Waals surface area contributed by atoms with E-state index in [4.69, 9.17) is 10.5 Å². The zero-order valence-corrected chi connectivity index (χ0v) is 17.2. The Morgan fingerprint density at radius 3 is 2.08 bits per heavy atom. The number of hydrogen-bond donors (Lipinski definition) is 1. The number of hydrogen-bond acceptors (Lipinski definition) is 4. The average Bonchev–Trinajstić information content (AvgIpc) is 2.69. The van der Waals surface area contributed by atoms with Crippen LogP contribution in [0.4, 0.5) is 0 Å². The highest BCUT2D eigenvalue weighted by Gasteiger charge is 2.14. The van der Waals surface area contributed by atoms with Gasteiger partial charge in [0.25, 0.3) is 0 Å². The lowest BCUT2D eigenvalue weighted by atomic mass is 10.1. The van der Waals surface area contributed by atoms with Crippen LogP contribution in [-0.4, -0.2) is 50.6 Å². The van der Waals surface area contributed by atoms with Crippen molar-refractivity contribution in [3.8, 4) is 0 Å². The Morgan fingerprint density at radius 2 is 1.69 bits per heavy atom. The molecule has 1 unspecified atom stereocenters. The Kier molecular flexibility index (Phi) is 17.7. The number of morpholine rings is 1. The summed E-state index contributed by atoms with van der Waals surface area (Å²) in [6.45, 7) is 8.02. The molecule has 1 saturated heterocycles. The van der Waals surface area contributed by atoms with E-state index in [0.29, 0.717) is 6.54 Å². The molecule has 2 N–H and O–H groups in total. The van der Waals surface area contributed by atoms with Gasteiger partial charge in [-0.1, -0.05) is 89.1 Å². The smallest absolute Gasteiger partial charge is 0.150 e. The lowest BCUT2D eigenvalue weighted by Gasteiger charge is -2.28. The molecule has 1 aromatic carbocycles. The molecule has 0 aromatic heterocycles. The van der Waals surface area contributed by atoms with E-state index in [0.717, 1.165) is 31.5 Å². The molecular formula is C22H42N2O2. The van der Waals surface area contributed by atoms with Gasteiger partial charge in [-0.15, -0.1) is 0 Å². The molecule has 1 atom stereocenters.